The van der Waals surface area contributed by atoms with E-state index in [1.54, 1.807) is 37.3 Å². The number of aryl methyl sites for hydroxylation is 1. The number of aromatic nitrogens is 1. The number of carbonyl (C=O) groups excluding carboxylic acids is 1. The van der Waals surface area contributed by atoms with Gasteiger partial charge in [0, 0.05) is 23.4 Å². The zero-order valence-electron chi connectivity index (χ0n) is 11.4. The lowest BCUT2D eigenvalue weighted by molar-refractivity contribution is 0.0945. The Hall–Kier alpha value is -2.34. The highest BCUT2D eigenvalue weighted by molar-refractivity contribution is 7.80. The molecule has 0 saturated heterocycles. The minimum atomic E-state index is -0.460. The Kier molecular flexibility index (Phi) is 4.59. The van der Waals surface area contributed by atoms with Crippen LogP contribution in [0.3, 0.4) is 0 Å². The number of nitrogens with one attached hydrogen (secondary N) is 1. The molecule has 21 heavy (non-hydrogen) atoms. The molecule has 1 aromatic heterocycles. The predicted octanol–water partition coefficient (Wildman–Crippen LogP) is 2.09. The highest BCUT2D eigenvalue weighted by Gasteiger charge is 2.09. The van der Waals surface area contributed by atoms with Gasteiger partial charge in [0.15, 0.2) is 0 Å². The molecule has 0 aliphatic carbocycles. The summed E-state index contributed by atoms with van der Waals surface area (Å²) in [6.07, 6.45) is 0. The standard InChI is InChI=1S/C15H14FN3OS/c1-9-3-2-4-13(19-9)15(20)18-8-11-6-5-10(14(17)21)7-12(11)16/h2-7H,8H2,1H3,(H2,17,21)(H,18,20). The molecule has 2 rings (SSSR count). The fourth-order valence-corrected chi connectivity index (χ4v) is 1.91. The van der Waals surface area contributed by atoms with Gasteiger partial charge in [-0.05, 0) is 25.1 Å². The van der Waals surface area contributed by atoms with Crippen LogP contribution in [0.15, 0.2) is 36.4 Å². The molecule has 3 N–H and O–H groups in total. The molecule has 4 nitrogen and oxygen atoms in total. The van der Waals surface area contributed by atoms with Crippen LogP contribution in [-0.2, 0) is 6.54 Å². The highest BCUT2D eigenvalue weighted by Crippen LogP contribution is 2.10. The van der Waals surface area contributed by atoms with Gasteiger partial charge < -0.3 is 11.1 Å². The summed E-state index contributed by atoms with van der Waals surface area (Å²) >= 11 is 4.78. The van der Waals surface area contributed by atoms with Crippen LogP contribution < -0.4 is 11.1 Å². The normalized spacial score (nSPS) is 10.2. The van der Waals surface area contributed by atoms with Crippen LogP contribution in [-0.4, -0.2) is 15.9 Å². The summed E-state index contributed by atoms with van der Waals surface area (Å²) in [7, 11) is 0. The molecule has 0 bridgehead atoms. The number of nitrogens with two attached hydrogens (primary N) is 1. The molecule has 1 aromatic carbocycles. The van der Waals surface area contributed by atoms with Crippen molar-refractivity contribution < 1.29 is 9.18 Å². The lowest BCUT2D eigenvalue weighted by atomic mass is 10.1. The Balaban J connectivity index is 2.06. The smallest absolute Gasteiger partial charge is 0.270 e. The summed E-state index contributed by atoms with van der Waals surface area (Å²) in [6, 6.07) is 9.58. The summed E-state index contributed by atoms with van der Waals surface area (Å²) < 4.78 is 13.8. The first-order valence-corrected chi connectivity index (χ1v) is 6.68. The Labute approximate surface area is 127 Å². The number of halogens is 1. The number of amides is 1. The molecule has 0 fully saturated rings. The first kappa shape index (κ1) is 15.1. The minimum absolute atomic E-state index is 0.0674. The van der Waals surface area contributed by atoms with Crippen LogP contribution in [0.4, 0.5) is 4.39 Å². The molecule has 1 heterocycles. The first-order valence-electron chi connectivity index (χ1n) is 6.27. The highest BCUT2D eigenvalue weighted by atomic mass is 32.1. The molecule has 0 radical (unpaired) electrons. The van der Waals surface area contributed by atoms with E-state index in [9.17, 15) is 9.18 Å². The van der Waals surface area contributed by atoms with E-state index in [4.69, 9.17) is 18.0 Å². The number of thiocarbonyl (C=S) groups is 1. The van der Waals surface area contributed by atoms with Crippen molar-refractivity contribution in [3.8, 4) is 0 Å². The largest absolute Gasteiger partial charge is 0.389 e. The lowest BCUT2D eigenvalue weighted by Crippen LogP contribution is -2.24. The molecule has 0 unspecified atom stereocenters. The van der Waals surface area contributed by atoms with E-state index in [0.717, 1.165) is 5.69 Å². The van der Waals surface area contributed by atoms with E-state index in [2.05, 4.69) is 10.3 Å². The number of benzene rings is 1. The predicted molar refractivity (Wildman–Crippen MR) is 82.4 cm³/mol. The summed E-state index contributed by atoms with van der Waals surface area (Å²) in [5, 5.41) is 2.63. The van der Waals surface area contributed by atoms with Gasteiger partial charge >= 0.3 is 0 Å². The maximum atomic E-state index is 13.8. The maximum Gasteiger partial charge on any atom is 0.270 e. The molecular weight excluding hydrogens is 289 g/mol. The van der Waals surface area contributed by atoms with Gasteiger partial charge in [-0.15, -0.1) is 0 Å². The minimum Gasteiger partial charge on any atom is -0.389 e. The Morgan fingerprint density at radius 1 is 1.38 bits per heavy atom. The molecule has 6 heteroatoms. The SMILES string of the molecule is Cc1cccc(C(=O)NCc2ccc(C(N)=S)cc2F)n1. The lowest BCUT2D eigenvalue weighted by Gasteiger charge is -2.07. The number of rotatable bonds is 4. The second-order valence-electron chi connectivity index (χ2n) is 4.52. The third-order valence-corrected chi connectivity index (χ3v) is 3.13. The average molecular weight is 303 g/mol. The molecule has 2 aromatic rings. The molecule has 0 aliphatic rings. The van der Waals surface area contributed by atoms with Gasteiger partial charge in [0.1, 0.15) is 16.5 Å². The van der Waals surface area contributed by atoms with E-state index in [1.807, 2.05) is 0 Å². The van der Waals surface area contributed by atoms with Crippen LogP contribution in [0.1, 0.15) is 27.3 Å². The van der Waals surface area contributed by atoms with Gasteiger partial charge in [-0.25, -0.2) is 9.37 Å². The van der Waals surface area contributed by atoms with Crippen molar-refractivity contribution in [2.75, 3.05) is 0 Å². The molecule has 1 amide bonds. The van der Waals surface area contributed by atoms with Crippen LogP contribution in [0.25, 0.3) is 0 Å². The zero-order chi connectivity index (χ0) is 15.4. The second kappa shape index (κ2) is 6.41. The number of nitrogens with zero attached hydrogens (tertiary/aromatic N) is 1. The van der Waals surface area contributed by atoms with Crippen molar-refractivity contribution in [3.63, 3.8) is 0 Å². The van der Waals surface area contributed by atoms with Gasteiger partial charge in [-0.1, -0.05) is 30.4 Å². The van der Waals surface area contributed by atoms with Crippen LogP contribution >= 0.6 is 12.2 Å². The maximum absolute atomic E-state index is 13.8. The average Bonchev–Trinajstić information content (AvgIpc) is 2.45. The molecule has 0 atom stereocenters. The van der Waals surface area contributed by atoms with Crippen molar-refractivity contribution in [1.29, 1.82) is 0 Å². The number of carbonyl (C=O) groups is 1. The molecule has 0 spiro atoms. The van der Waals surface area contributed by atoms with Gasteiger partial charge in [0.25, 0.3) is 5.91 Å². The van der Waals surface area contributed by atoms with Crippen molar-refractivity contribution >= 4 is 23.1 Å². The molecular formula is C15H14FN3OS. The third kappa shape index (κ3) is 3.82. The molecule has 108 valence electrons. The van der Waals surface area contributed by atoms with Crippen LogP contribution in [0.5, 0.6) is 0 Å². The summed E-state index contributed by atoms with van der Waals surface area (Å²) in [5.74, 6) is -0.811. The fourth-order valence-electron chi connectivity index (χ4n) is 1.78. The van der Waals surface area contributed by atoms with Crippen molar-refractivity contribution in [2.24, 2.45) is 5.73 Å². The van der Waals surface area contributed by atoms with Gasteiger partial charge in [0.05, 0.1) is 0 Å². The summed E-state index contributed by atoms with van der Waals surface area (Å²) in [5.41, 5.74) is 7.29. The van der Waals surface area contributed by atoms with E-state index in [0.29, 0.717) is 16.8 Å². The van der Waals surface area contributed by atoms with Crippen molar-refractivity contribution in [2.45, 2.75) is 13.5 Å². The quantitative estimate of drug-likeness (QED) is 0.849. The van der Waals surface area contributed by atoms with E-state index in [-0.39, 0.29) is 17.4 Å². The monoisotopic (exact) mass is 303 g/mol. The van der Waals surface area contributed by atoms with Crippen LogP contribution in [0, 0.1) is 12.7 Å². The second-order valence-corrected chi connectivity index (χ2v) is 4.96. The molecule has 0 saturated carbocycles. The molecule has 0 aliphatic heterocycles. The summed E-state index contributed by atoms with van der Waals surface area (Å²) in [4.78, 5) is 16.2. The Morgan fingerprint density at radius 2 is 2.14 bits per heavy atom. The number of hydrogen-bond donors (Lipinski definition) is 2. The van der Waals surface area contributed by atoms with Crippen molar-refractivity contribution in [3.05, 3.63) is 64.7 Å². The van der Waals surface area contributed by atoms with E-state index in [1.165, 1.54) is 6.07 Å². The Bertz CT molecular complexity index is 703. The Morgan fingerprint density at radius 3 is 2.76 bits per heavy atom. The third-order valence-electron chi connectivity index (χ3n) is 2.90. The number of pyridine rings is 1. The summed E-state index contributed by atoms with van der Waals surface area (Å²) in [6.45, 7) is 1.86. The van der Waals surface area contributed by atoms with E-state index >= 15 is 0 Å². The zero-order valence-corrected chi connectivity index (χ0v) is 12.2. The van der Waals surface area contributed by atoms with Gasteiger partial charge in [-0.3, -0.25) is 4.79 Å². The van der Waals surface area contributed by atoms with Gasteiger partial charge in [0.2, 0.25) is 0 Å². The van der Waals surface area contributed by atoms with Crippen molar-refractivity contribution in [1.82, 2.24) is 10.3 Å². The van der Waals surface area contributed by atoms with Crippen LogP contribution in [0.2, 0.25) is 0 Å². The van der Waals surface area contributed by atoms with E-state index < -0.39 is 5.82 Å². The topological polar surface area (TPSA) is 68.0 Å². The fraction of sp³-hybridized carbons (Fsp3) is 0.133. The first-order chi connectivity index (χ1) is 9.97. The number of hydrogen-bond acceptors (Lipinski definition) is 3. The van der Waals surface area contributed by atoms with Gasteiger partial charge in [-0.2, -0.15) is 0 Å².